The Labute approximate surface area is 149 Å². The van der Waals surface area contributed by atoms with Gasteiger partial charge in [0.1, 0.15) is 0 Å². The van der Waals surface area contributed by atoms with Crippen LogP contribution in [0.3, 0.4) is 0 Å². The number of carbonyl (C=O) groups is 1. The molecule has 0 saturated heterocycles. The maximum atomic E-state index is 12.3. The van der Waals surface area contributed by atoms with Gasteiger partial charge in [-0.25, -0.2) is 9.97 Å². The molecule has 2 N–H and O–H groups in total. The summed E-state index contributed by atoms with van der Waals surface area (Å²) in [6, 6.07) is 11.3. The zero-order valence-corrected chi connectivity index (χ0v) is 14.8. The second-order valence-electron chi connectivity index (χ2n) is 5.67. The van der Waals surface area contributed by atoms with Crippen LogP contribution in [0.1, 0.15) is 18.2 Å². The molecule has 0 fully saturated rings. The average molecular weight is 354 g/mol. The molecular weight excluding hydrogens is 336 g/mol. The number of aromatic amines is 1. The van der Waals surface area contributed by atoms with E-state index in [0.717, 1.165) is 21.5 Å². The van der Waals surface area contributed by atoms with Crippen LogP contribution in [0.25, 0.3) is 10.9 Å². The molecule has 0 aliphatic rings. The highest BCUT2D eigenvalue weighted by Gasteiger charge is 2.16. The summed E-state index contributed by atoms with van der Waals surface area (Å²) in [5.41, 5.74) is 2.34. The Balaban J connectivity index is 1.66. The molecule has 1 aromatic carbocycles. The third kappa shape index (κ3) is 4.24. The Bertz CT molecular complexity index is 970. The summed E-state index contributed by atoms with van der Waals surface area (Å²) >= 11 is 1.41. The molecule has 1 unspecified atom stereocenters. The Morgan fingerprint density at radius 1 is 1.32 bits per heavy atom. The minimum atomic E-state index is -0.310. The van der Waals surface area contributed by atoms with E-state index in [9.17, 15) is 9.59 Å². The molecule has 7 heteroatoms. The number of hydrogen-bond donors (Lipinski definition) is 2. The van der Waals surface area contributed by atoms with Gasteiger partial charge in [-0.3, -0.25) is 9.59 Å². The number of H-pyrrole nitrogens is 1. The van der Waals surface area contributed by atoms with Gasteiger partial charge >= 0.3 is 0 Å². The van der Waals surface area contributed by atoms with Gasteiger partial charge in [0.2, 0.25) is 5.91 Å². The number of amides is 1. The predicted octanol–water partition coefficient (Wildman–Crippen LogP) is 2.42. The van der Waals surface area contributed by atoms with E-state index >= 15 is 0 Å². The normalized spacial score (nSPS) is 12.1. The third-order valence-corrected chi connectivity index (χ3v) is 4.76. The summed E-state index contributed by atoms with van der Waals surface area (Å²) in [7, 11) is 0. The van der Waals surface area contributed by atoms with Gasteiger partial charge in [-0.1, -0.05) is 30.0 Å². The predicted molar refractivity (Wildman–Crippen MR) is 98.5 cm³/mol. The molecule has 0 aliphatic heterocycles. The van der Waals surface area contributed by atoms with E-state index in [1.54, 1.807) is 0 Å². The fourth-order valence-corrected chi connectivity index (χ4v) is 3.39. The van der Waals surface area contributed by atoms with E-state index in [4.69, 9.17) is 0 Å². The van der Waals surface area contributed by atoms with E-state index < -0.39 is 0 Å². The molecule has 0 radical (unpaired) electrons. The fourth-order valence-electron chi connectivity index (χ4n) is 2.44. The summed E-state index contributed by atoms with van der Waals surface area (Å²) < 4.78 is 0. The van der Waals surface area contributed by atoms with Crippen molar-refractivity contribution in [2.75, 3.05) is 0 Å². The average Bonchev–Trinajstić information content (AvgIpc) is 2.60. The minimum Gasteiger partial charge on any atom is -0.349 e. The second kappa shape index (κ2) is 7.48. The van der Waals surface area contributed by atoms with E-state index in [0.29, 0.717) is 5.69 Å². The standard InChI is InChI=1S/C18H18N4O2S/c1-11-7-17(22-15-6-4-3-5-14(11)15)25-12(2)18(24)19-9-13-8-16(23)21-10-20-13/h3-8,10,12H,9H2,1-2H3,(H,19,24)(H,20,21,23). The Kier molecular flexibility index (Phi) is 5.14. The van der Waals surface area contributed by atoms with Gasteiger partial charge in [0.15, 0.2) is 0 Å². The Hall–Kier alpha value is -2.67. The van der Waals surface area contributed by atoms with Crippen LogP contribution in [0.15, 0.2) is 52.5 Å². The number of nitrogens with one attached hydrogen (secondary N) is 2. The number of hydrogen-bond acceptors (Lipinski definition) is 5. The number of pyridine rings is 1. The van der Waals surface area contributed by atoms with Crippen molar-refractivity contribution in [2.24, 2.45) is 0 Å². The summed E-state index contributed by atoms with van der Waals surface area (Å²) in [5.74, 6) is -0.125. The first kappa shape index (κ1) is 17.2. The number of aryl methyl sites for hydroxylation is 1. The van der Waals surface area contributed by atoms with Crippen LogP contribution in [-0.4, -0.2) is 26.1 Å². The van der Waals surface area contributed by atoms with Crippen LogP contribution in [0.4, 0.5) is 0 Å². The molecule has 0 aliphatic carbocycles. The lowest BCUT2D eigenvalue weighted by atomic mass is 10.1. The van der Waals surface area contributed by atoms with Gasteiger partial charge in [-0.2, -0.15) is 0 Å². The molecule has 1 amide bonds. The molecule has 0 bridgehead atoms. The van der Waals surface area contributed by atoms with Gasteiger partial charge < -0.3 is 10.3 Å². The molecule has 0 spiro atoms. The van der Waals surface area contributed by atoms with E-state index in [-0.39, 0.29) is 23.3 Å². The van der Waals surface area contributed by atoms with Crippen LogP contribution in [-0.2, 0) is 11.3 Å². The van der Waals surface area contributed by atoms with Gasteiger partial charge in [-0.05, 0) is 31.5 Å². The van der Waals surface area contributed by atoms with Crippen molar-refractivity contribution in [2.45, 2.75) is 30.7 Å². The number of rotatable bonds is 5. The summed E-state index contributed by atoms with van der Waals surface area (Å²) in [6.07, 6.45) is 1.32. The topological polar surface area (TPSA) is 87.7 Å². The van der Waals surface area contributed by atoms with Gasteiger partial charge in [0, 0.05) is 11.5 Å². The first-order valence-electron chi connectivity index (χ1n) is 7.87. The van der Waals surface area contributed by atoms with Gasteiger partial charge in [0.05, 0.1) is 34.4 Å². The SMILES string of the molecule is Cc1cc(SC(C)C(=O)NCc2cc(=O)[nH]cn2)nc2ccccc12. The third-order valence-electron chi connectivity index (χ3n) is 3.74. The largest absolute Gasteiger partial charge is 0.349 e. The maximum Gasteiger partial charge on any atom is 0.250 e. The van der Waals surface area contributed by atoms with Crippen molar-refractivity contribution in [1.29, 1.82) is 0 Å². The van der Waals surface area contributed by atoms with Crippen LogP contribution in [0, 0.1) is 6.92 Å². The van der Waals surface area contributed by atoms with Crippen LogP contribution < -0.4 is 10.9 Å². The molecule has 1 atom stereocenters. The van der Waals surface area contributed by atoms with Crippen molar-refractivity contribution in [3.63, 3.8) is 0 Å². The fraction of sp³-hybridized carbons (Fsp3) is 0.222. The van der Waals surface area contributed by atoms with E-state index in [1.165, 1.54) is 24.2 Å². The molecule has 0 saturated carbocycles. The first-order chi connectivity index (χ1) is 12.0. The van der Waals surface area contributed by atoms with Gasteiger partial charge in [0.25, 0.3) is 5.56 Å². The number of nitrogens with zero attached hydrogens (tertiary/aromatic N) is 2. The molecule has 2 aromatic heterocycles. The lowest BCUT2D eigenvalue weighted by Gasteiger charge is -2.12. The number of fused-ring (bicyclic) bond motifs is 1. The van der Waals surface area contributed by atoms with Crippen molar-refractivity contribution < 1.29 is 4.79 Å². The lowest BCUT2D eigenvalue weighted by molar-refractivity contribution is -0.120. The number of thioether (sulfide) groups is 1. The van der Waals surface area contributed by atoms with Crippen LogP contribution in [0.2, 0.25) is 0 Å². The number of para-hydroxylation sites is 1. The van der Waals surface area contributed by atoms with E-state index in [2.05, 4.69) is 20.3 Å². The van der Waals surface area contributed by atoms with E-state index in [1.807, 2.05) is 44.2 Å². The molecule has 2 heterocycles. The molecule has 128 valence electrons. The van der Waals surface area contributed by atoms with Crippen LogP contribution >= 0.6 is 11.8 Å². The Morgan fingerprint density at radius 2 is 2.12 bits per heavy atom. The minimum absolute atomic E-state index is 0.125. The van der Waals surface area contributed by atoms with Crippen molar-refractivity contribution >= 4 is 28.6 Å². The molecule has 25 heavy (non-hydrogen) atoms. The number of carbonyl (C=O) groups excluding carboxylic acids is 1. The maximum absolute atomic E-state index is 12.3. The molecule has 6 nitrogen and oxygen atoms in total. The summed E-state index contributed by atoms with van der Waals surface area (Å²) in [4.78, 5) is 34.6. The number of benzene rings is 1. The zero-order valence-electron chi connectivity index (χ0n) is 13.9. The quantitative estimate of drug-likeness (QED) is 0.687. The van der Waals surface area contributed by atoms with Gasteiger partial charge in [-0.15, -0.1) is 0 Å². The lowest BCUT2D eigenvalue weighted by Crippen LogP contribution is -2.31. The highest BCUT2D eigenvalue weighted by atomic mass is 32.2. The zero-order chi connectivity index (χ0) is 17.8. The smallest absolute Gasteiger partial charge is 0.250 e. The first-order valence-corrected chi connectivity index (χ1v) is 8.75. The monoisotopic (exact) mass is 354 g/mol. The van der Waals surface area contributed by atoms with Crippen molar-refractivity contribution in [3.8, 4) is 0 Å². The second-order valence-corrected chi connectivity index (χ2v) is 7.04. The Morgan fingerprint density at radius 3 is 2.92 bits per heavy atom. The molecular formula is C18H18N4O2S. The van der Waals surface area contributed by atoms with Crippen molar-refractivity contribution in [3.05, 3.63) is 64.3 Å². The molecule has 3 aromatic rings. The number of aromatic nitrogens is 3. The van der Waals surface area contributed by atoms with Crippen LogP contribution in [0.5, 0.6) is 0 Å². The summed E-state index contributed by atoms with van der Waals surface area (Å²) in [6.45, 7) is 4.09. The van der Waals surface area contributed by atoms with Crippen molar-refractivity contribution in [1.82, 2.24) is 20.3 Å². The summed E-state index contributed by atoms with van der Waals surface area (Å²) in [5, 5.41) is 4.41. The highest BCUT2D eigenvalue weighted by molar-refractivity contribution is 8.00. The molecule has 3 rings (SSSR count). The highest BCUT2D eigenvalue weighted by Crippen LogP contribution is 2.26.